The van der Waals surface area contributed by atoms with Crippen molar-refractivity contribution in [2.75, 3.05) is 26.7 Å². The minimum absolute atomic E-state index is 0.107. The second kappa shape index (κ2) is 8.79. The first-order valence-corrected chi connectivity index (χ1v) is 10.3. The van der Waals surface area contributed by atoms with E-state index in [1.54, 1.807) is 0 Å². The van der Waals surface area contributed by atoms with Crippen LogP contribution >= 0.6 is 0 Å². The molecule has 10 heteroatoms. The highest BCUT2D eigenvalue weighted by molar-refractivity contribution is 6.07. The van der Waals surface area contributed by atoms with Gasteiger partial charge in [-0.25, -0.2) is 4.79 Å². The van der Waals surface area contributed by atoms with Crippen LogP contribution in [0.25, 0.3) is 0 Å². The number of hydrogen-bond acceptors (Lipinski definition) is 5. The monoisotopic (exact) mass is 407 g/mol. The molecule has 0 aromatic carbocycles. The van der Waals surface area contributed by atoms with E-state index in [0.717, 1.165) is 19.3 Å². The molecule has 10 nitrogen and oxygen atoms in total. The third kappa shape index (κ3) is 4.35. The predicted octanol–water partition coefficient (Wildman–Crippen LogP) is -0.516. The van der Waals surface area contributed by atoms with Gasteiger partial charge in [0, 0.05) is 26.6 Å². The molecule has 3 fully saturated rings. The van der Waals surface area contributed by atoms with Gasteiger partial charge in [-0.05, 0) is 32.1 Å². The van der Waals surface area contributed by atoms with Crippen LogP contribution in [0, 0.1) is 0 Å². The lowest BCUT2D eigenvalue weighted by molar-refractivity contribution is -0.138. The molecule has 1 atom stereocenters. The molecule has 1 spiro atoms. The van der Waals surface area contributed by atoms with Crippen molar-refractivity contribution < 1.29 is 24.0 Å². The lowest BCUT2D eigenvalue weighted by Gasteiger charge is -2.23. The predicted molar refractivity (Wildman–Crippen MR) is 102 cm³/mol. The van der Waals surface area contributed by atoms with Gasteiger partial charge in [0.05, 0.1) is 6.54 Å². The number of nitrogens with zero attached hydrogens (tertiary/aromatic N) is 2. The molecule has 0 radical (unpaired) electrons. The van der Waals surface area contributed by atoms with Gasteiger partial charge in [-0.3, -0.25) is 24.1 Å². The molecule has 29 heavy (non-hydrogen) atoms. The van der Waals surface area contributed by atoms with Gasteiger partial charge in [-0.2, -0.15) is 0 Å². The highest BCUT2D eigenvalue weighted by Crippen LogP contribution is 2.35. The van der Waals surface area contributed by atoms with E-state index in [9.17, 15) is 24.0 Å². The van der Waals surface area contributed by atoms with E-state index in [2.05, 4.69) is 16.0 Å². The second-order valence-corrected chi connectivity index (χ2v) is 7.92. The topological polar surface area (TPSA) is 128 Å². The Balaban J connectivity index is 1.39. The van der Waals surface area contributed by atoms with Gasteiger partial charge in [0.1, 0.15) is 11.6 Å². The number of amides is 6. The lowest BCUT2D eigenvalue weighted by Crippen LogP contribution is -2.48. The van der Waals surface area contributed by atoms with Crippen LogP contribution < -0.4 is 16.0 Å². The summed E-state index contributed by atoms with van der Waals surface area (Å²) in [7, 11) is 1.53. The smallest absolute Gasteiger partial charge is 0.325 e. The fourth-order valence-electron chi connectivity index (χ4n) is 4.46. The van der Waals surface area contributed by atoms with Gasteiger partial charge >= 0.3 is 6.03 Å². The average Bonchev–Trinajstić information content (AvgIpc) is 3.42. The molecule has 2 aliphatic heterocycles. The number of likely N-dealkylation sites (N-methyl/N-ethyl adjacent to an activating group) is 1. The average molecular weight is 407 g/mol. The highest BCUT2D eigenvalue weighted by atomic mass is 16.2. The van der Waals surface area contributed by atoms with Crippen molar-refractivity contribution in [3.8, 4) is 0 Å². The van der Waals surface area contributed by atoms with E-state index in [1.807, 2.05) is 0 Å². The minimum Gasteiger partial charge on any atom is -0.357 e. The maximum absolute atomic E-state index is 12.5. The maximum atomic E-state index is 12.5. The van der Waals surface area contributed by atoms with Crippen LogP contribution in [0.3, 0.4) is 0 Å². The molecule has 0 aromatic rings. The summed E-state index contributed by atoms with van der Waals surface area (Å²) in [5.74, 6) is -1.00. The molecule has 3 rings (SSSR count). The summed E-state index contributed by atoms with van der Waals surface area (Å²) in [6.45, 7) is 0.512. The summed E-state index contributed by atoms with van der Waals surface area (Å²) in [5.41, 5.74) is -0.733. The van der Waals surface area contributed by atoms with Crippen LogP contribution in [0.15, 0.2) is 0 Å². The fourth-order valence-corrected chi connectivity index (χ4v) is 4.46. The molecule has 1 unspecified atom stereocenters. The van der Waals surface area contributed by atoms with Crippen molar-refractivity contribution in [3.05, 3.63) is 0 Å². The number of carbonyl (C=O) groups excluding carboxylic acids is 5. The van der Waals surface area contributed by atoms with Crippen molar-refractivity contribution in [2.24, 2.45) is 0 Å². The second-order valence-electron chi connectivity index (χ2n) is 7.92. The number of imide groups is 1. The number of likely N-dealkylation sites (tertiary alicyclic amines) is 1. The quantitative estimate of drug-likeness (QED) is 0.490. The summed E-state index contributed by atoms with van der Waals surface area (Å²) < 4.78 is 0. The molecule has 0 bridgehead atoms. The summed E-state index contributed by atoms with van der Waals surface area (Å²) >= 11 is 0. The molecule has 2 saturated heterocycles. The fraction of sp³-hybridized carbons (Fsp3) is 0.737. The molecular formula is C19H29N5O5. The van der Waals surface area contributed by atoms with Gasteiger partial charge in [-0.15, -0.1) is 0 Å². The van der Waals surface area contributed by atoms with Crippen LogP contribution in [0.4, 0.5) is 4.79 Å². The van der Waals surface area contributed by atoms with Crippen molar-refractivity contribution in [2.45, 2.75) is 62.9 Å². The Labute approximate surface area is 169 Å². The Hall–Kier alpha value is -2.65. The first-order valence-electron chi connectivity index (χ1n) is 10.3. The zero-order valence-corrected chi connectivity index (χ0v) is 16.8. The van der Waals surface area contributed by atoms with Crippen LogP contribution in [-0.2, 0) is 19.2 Å². The number of carbonyl (C=O) groups is 5. The largest absolute Gasteiger partial charge is 0.357 e. The molecule has 160 valence electrons. The zero-order chi connectivity index (χ0) is 21.0. The molecule has 1 saturated carbocycles. The maximum Gasteiger partial charge on any atom is 0.325 e. The van der Waals surface area contributed by atoms with Crippen LogP contribution in [0.1, 0.15) is 51.4 Å². The first kappa shape index (κ1) is 21.1. The molecule has 0 aromatic heterocycles. The Morgan fingerprint density at radius 1 is 1.17 bits per heavy atom. The van der Waals surface area contributed by atoms with E-state index < -0.39 is 11.6 Å². The summed E-state index contributed by atoms with van der Waals surface area (Å²) in [4.78, 5) is 63.5. The lowest BCUT2D eigenvalue weighted by atomic mass is 9.98. The summed E-state index contributed by atoms with van der Waals surface area (Å²) in [6.07, 6.45) is 5.00. The van der Waals surface area contributed by atoms with Gasteiger partial charge in [-0.1, -0.05) is 12.8 Å². The zero-order valence-electron chi connectivity index (χ0n) is 16.8. The Morgan fingerprint density at radius 2 is 1.90 bits per heavy atom. The van der Waals surface area contributed by atoms with E-state index >= 15 is 0 Å². The molecule has 2 heterocycles. The minimum atomic E-state index is -0.733. The van der Waals surface area contributed by atoms with Gasteiger partial charge < -0.3 is 20.9 Å². The van der Waals surface area contributed by atoms with Crippen LogP contribution in [0.2, 0.25) is 0 Å². The number of rotatable bonds is 7. The van der Waals surface area contributed by atoms with Gasteiger partial charge in [0.2, 0.25) is 17.7 Å². The van der Waals surface area contributed by atoms with Gasteiger partial charge in [0.15, 0.2) is 0 Å². The van der Waals surface area contributed by atoms with Crippen molar-refractivity contribution >= 4 is 29.7 Å². The van der Waals surface area contributed by atoms with E-state index in [1.165, 1.54) is 16.8 Å². The van der Waals surface area contributed by atoms with Crippen molar-refractivity contribution in [1.29, 1.82) is 0 Å². The number of nitrogens with one attached hydrogen (secondary N) is 3. The van der Waals surface area contributed by atoms with Crippen LogP contribution in [-0.4, -0.2) is 77.7 Å². The standard InChI is InChI=1S/C19H29N5O5/c1-20-16(27)13-6-4-10-23(13)15(26)12-21-14(25)7-5-11-24-17(28)19(22-18(24)29)8-2-3-9-19/h13H,2-12H2,1H3,(H,20,27)(H,21,25)(H,22,29). The molecular weight excluding hydrogens is 378 g/mol. The summed E-state index contributed by atoms with van der Waals surface area (Å²) in [6, 6.07) is -0.867. The van der Waals surface area contributed by atoms with E-state index in [4.69, 9.17) is 0 Å². The normalized spacial score (nSPS) is 22.9. The Morgan fingerprint density at radius 3 is 2.59 bits per heavy atom. The molecule has 3 aliphatic rings. The molecule has 6 amide bonds. The molecule has 3 N–H and O–H groups in total. The van der Waals surface area contributed by atoms with Crippen LogP contribution in [0.5, 0.6) is 0 Å². The highest BCUT2D eigenvalue weighted by Gasteiger charge is 2.52. The number of urea groups is 1. The Kier molecular flexibility index (Phi) is 6.39. The molecule has 1 aliphatic carbocycles. The first-order chi connectivity index (χ1) is 13.9. The van der Waals surface area contributed by atoms with E-state index in [-0.39, 0.29) is 49.2 Å². The Bertz CT molecular complexity index is 703. The number of hydrogen-bond donors (Lipinski definition) is 3. The third-order valence-electron chi connectivity index (χ3n) is 6.05. The van der Waals surface area contributed by atoms with Crippen molar-refractivity contribution in [3.63, 3.8) is 0 Å². The SMILES string of the molecule is CNC(=O)C1CCCN1C(=O)CNC(=O)CCCN1C(=O)NC2(CCCC2)C1=O. The third-order valence-corrected chi connectivity index (χ3v) is 6.05. The van der Waals surface area contributed by atoms with E-state index in [0.29, 0.717) is 32.2 Å². The summed E-state index contributed by atoms with van der Waals surface area (Å²) in [5, 5.41) is 7.93. The van der Waals surface area contributed by atoms with Gasteiger partial charge in [0.25, 0.3) is 5.91 Å². The van der Waals surface area contributed by atoms with Crippen molar-refractivity contribution in [1.82, 2.24) is 25.8 Å².